The van der Waals surface area contributed by atoms with Crippen molar-refractivity contribution in [3.8, 4) is 0 Å². The van der Waals surface area contributed by atoms with Crippen molar-refractivity contribution in [1.29, 1.82) is 0 Å². The monoisotopic (exact) mass is 385 g/mol. The normalized spacial score (nSPS) is 11.2. The molecule has 0 fully saturated rings. The highest BCUT2D eigenvalue weighted by molar-refractivity contribution is 9.10. The largest absolute Gasteiger partial charge is 0.273 e. The van der Waals surface area contributed by atoms with Gasteiger partial charge in [0.2, 0.25) is 10.0 Å². The van der Waals surface area contributed by atoms with Crippen LogP contribution < -0.4 is 4.72 Å². The number of hydrogen-bond acceptors (Lipinski definition) is 5. The van der Waals surface area contributed by atoms with Crippen LogP contribution in [0.1, 0.15) is 11.3 Å². The number of nitro benzene ring substituents is 1. The number of nitrogens with one attached hydrogen (secondary N) is 1. The lowest BCUT2D eigenvalue weighted by Crippen LogP contribution is -2.16. The van der Waals surface area contributed by atoms with Gasteiger partial charge in [0.1, 0.15) is 11.6 Å². The Hall–Kier alpha value is -2.00. The van der Waals surface area contributed by atoms with Gasteiger partial charge in [-0.25, -0.2) is 13.4 Å². The molecule has 0 saturated carbocycles. The van der Waals surface area contributed by atoms with Crippen LogP contribution in [0.2, 0.25) is 0 Å². The average molecular weight is 386 g/mol. The smallest absolute Gasteiger partial charge is 0.267 e. The average Bonchev–Trinajstić information content (AvgIpc) is 2.42. The number of aryl methyl sites for hydroxylation is 1. The highest BCUT2D eigenvalue weighted by Gasteiger charge is 2.20. The van der Waals surface area contributed by atoms with E-state index < -0.39 is 20.7 Å². The van der Waals surface area contributed by atoms with Crippen LogP contribution in [-0.4, -0.2) is 18.3 Å². The first kappa shape index (κ1) is 16.4. The fourth-order valence-electron chi connectivity index (χ4n) is 1.81. The summed E-state index contributed by atoms with van der Waals surface area (Å²) in [5.74, 6) is -0.333. The molecule has 0 aliphatic heterocycles. The predicted octanol–water partition coefficient (Wildman–Crippen LogP) is 3.00. The molecule has 0 bridgehead atoms. The zero-order valence-corrected chi connectivity index (χ0v) is 13.9. The summed E-state index contributed by atoms with van der Waals surface area (Å²) in [6.45, 7) is 1.73. The van der Waals surface area contributed by atoms with Crippen LogP contribution in [0.15, 0.2) is 40.9 Å². The summed E-state index contributed by atoms with van der Waals surface area (Å²) in [5, 5.41) is 10.9. The fourth-order valence-corrected chi connectivity index (χ4v) is 3.19. The molecule has 1 heterocycles. The Morgan fingerprint density at radius 2 is 1.95 bits per heavy atom. The van der Waals surface area contributed by atoms with Crippen LogP contribution in [0.4, 0.5) is 11.5 Å². The van der Waals surface area contributed by atoms with Crippen LogP contribution in [0.5, 0.6) is 0 Å². The van der Waals surface area contributed by atoms with Gasteiger partial charge in [0.25, 0.3) is 5.69 Å². The number of rotatable bonds is 5. The van der Waals surface area contributed by atoms with E-state index in [-0.39, 0.29) is 17.1 Å². The molecule has 0 aliphatic carbocycles. The molecule has 7 nitrogen and oxygen atoms in total. The molecule has 2 aromatic rings. The molecule has 0 saturated heterocycles. The number of nitro groups is 1. The minimum Gasteiger partial charge on any atom is -0.267 e. The molecular formula is C13H12BrN3O4S. The van der Waals surface area contributed by atoms with Gasteiger partial charge in [-0.2, -0.15) is 0 Å². The molecule has 22 heavy (non-hydrogen) atoms. The van der Waals surface area contributed by atoms with Crippen LogP contribution >= 0.6 is 15.9 Å². The molecule has 0 aliphatic rings. The van der Waals surface area contributed by atoms with E-state index in [9.17, 15) is 18.5 Å². The maximum absolute atomic E-state index is 12.2. The number of pyridine rings is 1. The van der Waals surface area contributed by atoms with Crippen molar-refractivity contribution < 1.29 is 13.3 Å². The maximum Gasteiger partial charge on any atom is 0.273 e. The van der Waals surface area contributed by atoms with Crippen LogP contribution in [0.3, 0.4) is 0 Å². The van der Waals surface area contributed by atoms with E-state index in [0.29, 0.717) is 5.69 Å². The molecule has 2 rings (SSSR count). The molecule has 0 amide bonds. The Morgan fingerprint density at radius 1 is 1.27 bits per heavy atom. The molecule has 0 atom stereocenters. The van der Waals surface area contributed by atoms with Gasteiger partial charge < -0.3 is 0 Å². The lowest BCUT2D eigenvalue weighted by atomic mass is 10.2. The Kier molecular flexibility index (Phi) is 4.77. The number of hydrogen-bond donors (Lipinski definition) is 1. The van der Waals surface area contributed by atoms with Gasteiger partial charge in [-0.15, -0.1) is 0 Å². The lowest BCUT2D eigenvalue weighted by Gasteiger charge is -2.09. The number of para-hydroxylation sites is 1. The predicted molar refractivity (Wildman–Crippen MR) is 86.0 cm³/mol. The summed E-state index contributed by atoms with van der Waals surface area (Å²) in [6, 6.07) is 8.91. The van der Waals surface area contributed by atoms with E-state index in [1.165, 1.54) is 24.3 Å². The summed E-state index contributed by atoms with van der Waals surface area (Å²) in [7, 11) is -3.81. The minimum absolute atomic E-state index is 0.119. The third kappa shape index (κ3) is 4.01. The van der Waals surface area contributed by atoms with Crippen molar-refractivity contribution in [2.24, 2.45) is 0 Å². The van der Waals surface area contributed by atoms with E-state index in [1.54, 1.807) is 19.1 Å². The van der Waals surface area contributed by atoms with E-state index in [2.05, 4.69) is 25.6 Å². The van der Waals surface area contributed by atoms with Crippen molar-refractivity contribution in [2.75, 3.05) is 4.72 Å². The summed E-state index contributed by atoms with van der Waals surface area (Å²) in [5.41, 5.74) is 0.521. The van der Waals surface area contributed by atoms with Gasteiger partial charge in [-0.05, 0) is 35.0 Å². The van der Waals surface area contributed by atoms with Crippen LogP contribution in [0, 0.1) is 17.0 Å². The highest BCUT2D eigenvalue weighted by atomic mass is 79.9. The first-order valence-corrected chi connectivity index (χ1v) is 8.59. The second-order valence-corrected chi connectivity index (χ2v) is 7.09. The molecule has 0 radical (unpaired) electrons. The number of halogens is 1. The number of nitrogens with zero attached hydrogens (tertiary/aromatic N) is 2. The summed E-state index contributed by atoms with van der Waals surface area (Å²) in [4.78, 5) is 14.4. The van der Waals surface area contributed by atoms with Crippen molar-refractivity contribution in [3.63, 3.8) is 0 Å². The number of sulfonamides is 1. The van der Waals surface area contributed by atoms with Crippen molar-refractivity contribution in [1.82, 2.24) is 4.98 Å². The van der Waals surface area contributed by atoms with Gasteiger partial charge in [0.15, 0.2) is 0 Å². The van der Waals surface area contributed by atoms with Gasteiger partial charge in [-0.3, -0.25) is 14.8 Å². The summed E-state index contributed by atoms with van der Waals surface area (Å²) >= 11 is 3.27. The standard InChI is InChI=1S/C13H12BrN3O4S/c1-9-11(14)6-7-13(15-9)16-22(20,21)8-10-4-2-3-5-12(10)17(18)19/h2-7H,8H2,1H3,(H,15,16). The van der Waals surface area contributed by atoms with Gasteiger partial charge in [0.05, 0.1) is 10.6 Å². The van der Waals surface area contributed by atoms with Crippen molar-refractivity contribution in [3.05, 3.63) is 62.2 Å². The Balaban J connectivity index is 2.25. The lowest BCUT2D eigenvalue weighted by molar-refractivity contribution is -0.385. The maximum atomic E-state index is 12.2. The summed E-state index contributed by atoms with van der Waals surface area (Å²) in [6.07, 6.45) is 0. The van der Waals surface area contributed by atoms with E-state index >= 15 is 0 Å². The van der Waals surface area contributed by atoms with Gasteiger partial charge in [-0.1, -0.05) is 18.2 Å². The van der Waals surface area contributed by atoms with E-state index in [0.717, 1.165) is 4.47 Å². The third-order valence-electron chi connectivity index (χ3n) is 2.82. The minimum atomic E-state index is -3.81. The zero-order chi connectivity index (χ0) is 16.3. The molecule has 9 heteroatoms. The Morgan fingerprint density at radius 3 is 2.59 bits per heavy atom. The molecule has 1 aromatic carbocycles. The SMILES string of the molecule is Cc1nc(NS(=O)(=O)Cc2ccccc2[N+](=O)[O-])ccc1Br. The zero-order valence-electron chi connectivity index (χ0n) is 11.5. The number of anilines is 1. The second-order valence-electron chi connectivity index (χ2n) is 4.51. The van der Waals surface area contributed by atoms with Crippen molar-refractivity contribution in [2.45, 2.75) is 12.7 Å². The molecule has 0 spiro atoms. The topological polar surface area (TPSA) is 102 Å². The van der Waals surface area contributed by atoms with E-state index in [1.807, 2.05) is 0 Å². The molecular weight excluding hydrogens is 374 g/mol. The van der Waals surface area contributed by atoms with Crippen molar-refractivity contribution >= 4 is 37.5 Å². The molecule has 0 unspecified atom stereocenters. The highest BCUT2D eigenvalue weighted by Crippen LogP contribution is 2.22. The van der Waals surface area contributed by atoms with Crippen LogP contribution in [-0.2, 0) is 15.8 Å². The third-order valence-corrected chi connectivity index (χ3v) is 4.86. The first-order valence-electron chi connectivity index (χ1n) is 6.14. The quantitative estimate of drug-likeness (QED) is 0.629. The molecule has 116 valence electrons. The van der Waals surface area contributed by atoms with E-state index in [4.69, 9.17) is 0 Å². The van der Waals surface area contributed by atoms with Crippen LogP contribution in [0.25, 0.3) is 0 Å². The fraction of sp³-hybridized carbons (Fsp3) is 0.154. The number of benzene rings is 1. The van der Waals surface area contributed by atoms with Gasteiger partial charge in [0, 0.05) is 16.1 Å². The Bertz CT molecular complexity index is 824. The number of aromatic nitrogens is 1. The molecule has 1 aromatic heterocycles. The summed E-state index contributed by atoms with van der Waals surface area (Å²) < 4.78 is 27.4. The van der Waals surface area contributed by atoms with Gasteiger partial charge >= 0.3 is 0 Å². The second kappa shape index (κ2) is 6.41. The Labute approximate surface area is 135 Å². The first-order chi connectivity index (χ1) is 10.3. The molecule has 1 N–H and O–H groups in total.